The van der Waals surface area contributed by atoms with Crippen molar-refractivity contribution in [2.75, 3.05) is 0 Å². The van der Waals surface area contributed by atoms with E-state index >= 15 is 0 Å². The van der Waals surface area contributed by atoms with E-state index in [9.17, 15) is 4.79 Å². The maximum atomic E-state index is 11.9. The second-order valence-electron chi connectivity index (χ2n) is 8.07. The molecule has 2 aromatic heterocycles. The predicted octanol–water partition coefficient (Wildman–Crippen LogP) is 4.81. The van der Waals surface area contributed by atoms with Crippen molar-refractivity contribution >= 4 is 28.6 Å². The molecule has 0 spiro atoms. The number of rotatable bonds is 3. The Bertz CT molecular complexity index is 827. The highest BCUT2D eigenvalue weighted by atomic mass is 35.5. The topological polar surface area (TPSA) is 73.3 Å². The Balaban J connectivity index is 1.61. The van der Waals surface area contributed by atoms with Crippen molar-refractivity contribution in [3.05, 3.63) is 29.0 Å². The zero-order chi connectivity index (χ0) is 19.6. The summed E-state index contributed by atoms with van der Waals surface area (Å²) in [6, 6.07) is 3.86. The van der Waals surface area contributed by atoms with Gasteiger partial charge in [-0.05, 0) is 65.0 Å². The van der Waals surface area contributed by atoms with E-state index in [0.29, 0.717) is 11.0 Å². The van der Waals surface area contributed by atoms with Crippen LogP contribution in [0.3, 0.4) is 0 Å². The average Bonchev–Trinajstić information content (AvgIpc) is 2.55. The van der Waals surface area contributed by atoms with Crippen LogP contribution in [-0.2, 0) is 4.74 Å². The van der Waals surface area contributed by atoms with E-state index in [-0.39, 0.29) is 18.2 Å². The number of ether oxygens (including phenoxy) is 2. The van der Waals surface area contributed by atoms with Crippen LogP contribution >= 0.6 is 11.6 Å². The van der Waals surface area contributed by atoms with Crippen molar-refractivity contribution in [1.29, 1.82) is 0 Å². The molecule has 1 aliphatic carbocycles. The number of carbonyl (C=O) groups is 1. The SMILES string of the molecule is Cc1cnc2cc(Cl)nc(OC3CCC(NC(=O)OC(C)(C)C)CC3)c2c1. The Morgan fingerprint density at radius 1 is 1.22 bits per heavy atom. The van der Waals surface area contributed by atoms with Crippen molar-refractivity contribution in [3.8, 4) is 5.88 Å². The van der Waals surface area contributed by atoms with Gasteiger partial charge in [-0.25, -0.2) is 9.78 Å². The molecule has 27 heavy (non-hydrogen) atoms. The molecule has 1 fully saturated rings. The molecule has 2 aromatic rings. The van der Waals surface area contributed by atoms with Crippen molar-refractivity contribution < 1.29 is 14.3 Å². The van der Waals surface area contributed by atoms with Gasteiger partial charge < -0.3 is 14.8 Å². The summed E-state index contributed by atoms with van der Waals surface area (Å²) >= 11 is 6.12. The number of pyridine rings is 2. The Labute approximate surface area is 164 Å². The first-order valence-corrected chi connectivity index (χ1v) is 9.66. The molecule has 3 rings (SSSR count). The Kier molecular flexibility index (Phi) is 5.75. The molecule has 1 N–H and O–H groups in total. The third-order valence-corrected chi connectivity index (χ3v) is 4.62. The van der Waals surface area contributed by atoms with E-state index in [1.807, 2.05) is 33.8 Å². The summed E-state index contributed by atoms with van der Waals surface area (Å²) in [5.41, 5.74) is 1.33. The first-order chi connectivity index (χ1) is 12.7. The summed E-state index contributed by atoms with van der Waals surface area (Å²) in [6.45, 7) is 7.56. The summed E-state index contributed by atoms with van der Waals surface area (Å²) in [4.78, 5) is 20.7. The van der Waals surface area contributed by atoms with E-state index in [0.717, 1.165) is 42.1 Å². The monoisotopic (exact) mass is 391 g/mol. The fourth-order valence-corrected chi connectivity index (χ4v) is 3.40. The van der Waals surface area contributed by atoms with Crippen LogP contribution in [0, 0.1) is 6.92 Å². The van der Waals surface area contributed by atoms with E-state index in [1.165, 1.54) is 0 Å². The molecule has 7 heteroatoms. The van der Waals surface area contributed by atoms with Gasteiger partial charge in [0, 0.05) is 18.3 Å². The Morgan fingerprint density at radius 2 is 1.93 bits per heavy atom. The number of aryl methyl sites for hydroxylation is 1. The first kappa shape index (κ1) is 19.7. The van der Waals surface area contributed by atoms with E-state index in [4.69, 9.17) is 21.1 Å². The molecule has 1 saturated carbocycles. The van der Waals surface area contributed by atoms with Crippen molar-refractivity contribution in [2.45, 2.75) is 71.1 Å². The lowest BCUT2D eigenvalue weighted by molar-refractivity contribution is 0.0470. The lowest BCUT2D eigenvalue weighted by atomic mass is 9.93. The van der Waals surface area contributed by atoms with Gasteiger partial charge in [0.2, 0.25) is 5.88 Å². The van der Waals surface area contributed by atoms with Crippen molar-refractivity contribution in [3.63, 3.8) is 0 Å². The first-order valence-electron chi connectivity index (χ1n) is 9.29. The molecular formula is C20H26ClN3O3. The Hall–Kier alpha value is -2.08. The van der Waals surface area contributed by atoms with E-state index < -0.39 is 5.60 Å². The quantitative estimate of drug-likeness (QED) is 0.760. The van der Waals surface area contributed by atoms with Gasteiger partial charge in [-0.2, -0.15) is 0 Å². The second kappa shape index (κ2) is 7.89. The molecule has 0 unspecified atom stereocenters. The number of fused-ring (bicyclic) bond motifs is 1. The lowest BCUT2D eigenvalue weighted by Crippen LogP contribution is -2.42. The highest BCUT2D eigenvalue weighted by Gasteiger charge is 2.26. The van der Waals surface area contributed by atoms with Crippen LogP contribution in [0.15, 0.2) is 18.3 Å². The maximum Gasteiger partial charge on any atom is 0.407 e. The molecule has 0 aromatic carbocycles. The van der Waals surface area contributed by atoms with Crippen LogP contribution in [0.2, 0.25) is 5.15 Å². The minimum absolute atomic E-state index is 0.0383. The molecule has 0 aliphatic heterocycles. The Morgan fingerprint density at radius 3 is 2.59 bits per heavy atom. The van der Waals surface area contributed by atoms with Crippen LogP contribution in [0.1, 0.15) is 52.0 Å². The summed E-state index contributed by atoms with van der Waals surface area (Å²) in [7, 11) is 0. The average molecular weight is 392 g/mol. The molecule has 0 saturated heterocycles. The number of halogens is 1. The van der Waals surface area contributed by atoms with Crippen LogP contribution in [0.25, 0.3) is 10.9 Å². The predicted molar refractivity (Wildman–Crippen MR) is 105 cm³/mol. The second-order valence-corrected chi connectivity index (χ2v) is 8.45. The molecule has 2 heterocycles. The van der Waals surface area contributed by atoms with Crippen LogP contribution in [0.4, 0.5) is 4.79 Å². The van der Waals surface area contributed by atoms with Crippen LogP contribution in [-0.4, -0.2) is 33.8 Å². The van der Waals surface area contributed by atoms with Crippen LogP contribution < -0.4 is 10.1 Å². The van der Waals surface area contributed by atoms with Crippen molar-refractivity contribution in [2.24, 2.45) is 0 Å². The van der Waals surface area contributed by atoms with Gasteiger partial charge in [0.15, 0.2) is 0 Å². The number of aromatic nitrogens is 2. The van der Waals surface area contributed by atoms with Gasteiger partial charge in [-0.3, -0.25) is 4.98 Å². The van der Waals surface area contributed by atoms with Gasteiger partial charge >= 0.3 is 6.09 Å². The number of alkyl carbamates (subject to hydrolysis) is 1. The number of hydrogen-bond acceptors (Lipinski definition) is 5. The van der Waals surface area contributed by atoms with E-state index in [2.05, 4.69) is 15.3 Å². The summed E-state index contributed by atoms with van der Waals surface area (Å²) in [6.07, 6.45) is 4.80. The highest BCUT2D eigenvalue weighted by molar-refractivity contribution is 6.30. The maximum absolute atomic E-state index is 11.9. The summed E-state index contributed by atoms with van der Waals surface area (Å²) in [5.74, 6) is 0.525. The van der Waals surface area contributed by atoms with Crippen LogP contribution in [0.5, 0.6) is 5.88 Å². The zero-order valence-corrected chi connectivity index (χ0v) is 17.0. The molecule has 1 aliphatic rings. The minimum atomic E-state index is -0.490. The third-order valence-electron chi connectivity index (χ3n) is 4.42. The fourth-order valence-electron chi connectivity index (χ4n) is 3.22. The number of nitrogens with one attached hydrogen (secondary N) is 1. The third kappa shape index (κ3) is 5.45. The highest BCUT2D eigenvalue weighted by Crippen LogP contribution is 2.30. The lowest BCUT2D eigenvalue weighted by Gasteiger charge is -2.30. The van der Waals surface area contributed by atoms with Gasteiger partial charge in [-0.1, -0.05) is 11.6 Å². The van der Waals surface area contributed by atoms with Gasteiger partial charge in [-0.15, -0.1) is 0 Å². The number of hydrogen-bond donors (Lipinski definition) is 1. The molecule has 0 bridgehead atoms. The summed E-state index contributed by atoms with van der Waals surface area (Å²) in [5, 5.41) is 4.18. The molecular weight excluding hydrogens is 366 g/mol. The van der Waals surface area contributed by atoms with Crippen molar-refractivity contribution in [1.82, 2.24) is 15.3 Å². The zero-order valence-electron chi connectivity index (χ0n) is 16.2. The number of nitrogens with zero attached hydrogens (tertiary/aromatic N) is 2. The van der Waals surface area contributed by atoms with Gasteiger partial charge in [0.1, 0.15) is 16.9 Å². The van der Waals surface area contributed by atoms with Gasteiger partial charge in [0.05, 0.1) is 10.9 Å². The summed E-state index contributed by atoms with van der Waals surface area (Å²) < 4.78 is 11.5. The molecule has 6 nitrogen and oxygen atoms in total. The molecule has 0 radical (unpaired) electrons. The minimum Gasteiger partial charge on any atom is -0.474 e. The standard InChI is InChI=1S/C20H26ClN3O3/c1-12-9-15-16(22-11-12)10-17(21)24-18(15)26-14-7-5-13(6-8-14)23-19(25)27-20(2,3)4/h9-11,13-14H,5-8H2,1-4H3,(H,23,25). The number of carbonyl (C=O) groups excluding carboxylic acids is 1. The molecule has 146 valence electrons. The largest absolute Gasteiger partial charge is 0.474 e. The normalized spacial score (nSPS) is 20.3. The smallest absolute Gasteiger partial charge is 0.407 e. The van der Waals surface area contributed by atoms with E-state index in [1.54, 1.807) is 12.3 Å². The molecule has 1 amide bonds. The fraction of sp³-hybridized carbons (Fsp3) is 0.550. The molecule has 0 atom stereocenters. The van der Waals surface area contributed by atoms with Gasteiger partial charge in [0.25, 0.3) is 0 Å². The number of amides is 1.